The van der Waals surface area contributed by atoms with Gasteiger partial charge in [0.15, 0.2) is 6.61 Å². The average molecular weight is 300 g/mol. The van der Waals surface area contributed by atoms with Gasteiger partial charge in [-0.15, -0.1) is 0 Å². The summed E-state index contributed by atoms with van der Waals surface area (Å²) in [6.45, 7) is 2.67. The Kier molecular flexibility index (Phi) is 6.68. The van der Waals surface area contributed by atoms with Gasteiger partial charge in [-0.3, -0.25) is 4.79 Å². The average Bonchev–Trinajstić information content (AvgIpc) is 2.54. The van der Waals surface area contributed by atoms with E-state index in [0.717, 1.165) is 12.0 Å². The Morgan fingerprint density at radius 2 is 2.14 bits per heavy atom. The molecular formula is C18H24N2O2. The molecule has 4 heteroatoms. The standard InChI is InChI=1S/C18H24N2O2/c1-15-7-9-17(10-8-15)13-20-22-14-18(21)19-12-11-16-5-3-2-4-6-16/h5,7-10,13H,2-4,6,11-12,14H2,1H3,(H,19,21)/b20-13-. The molecule has 1 aliphatic rings. The van der Waals surface area contributed by atoms with Crippen molar-refractivity contribution < 1.29 is 9.63 Å². The molecule has 0 heterocycles. The first-order chi connectivity index (χ1) is 10.7. The molecule has 1 amide bonds. The first-order valence-corrected chi connectivity index (χ1v) is 7.90. The minimum absolute atomic E-state index is 0.0403. The second kappa shape index (κ2) is 9.03. The number of aryl methyl sites for hydroxylation is 1. The van der Waals surface area contributed by atoms with Gasteiger partial charge in [0.1, 0.15) is 0 Å². The Morgan fingerprint density at radius 3 is 2.86 bits per heavy atom. The first-order valence-electron chi connectivity index (χ1n) is 7.90. The van der Waals surface area contributed by atoms with Crippen molar-refractivity contribution in [3.05, 3.63) is 47.0 Å². The van der Waals surface area contributed by atoms with Crippen LogP contribution in [0.1, 0.15) is 43.2 Å². The highest BCUT2D eigenvalue weighted by Gasteiger charge is 2.05. The van der Waals surface area contributed by atoms with Crippen LogP contribution in [-0.4, -0.2) is 25.3 Å². The number of nitrogens with zero attached hydrogens (tertiary/aromatic N) is 1. The molecule has 0 aromatic heterocycles. The van der Waals surface area contributed by atoms with Crippen molar-refractivity contribution in [2.24, 2.45) is 5.16 Å². The molecule has 1 aromatic rings. The molecule has 22 heavy (non-hydrogen) atoms. The zero-order valence-electron chi connectivity index (χ0n) is 13.2. The first kappa shape index (κ1) is 16.3. The molecule has 0 radical (unpaired) electrons. The number of carbonyl (C=O) groups excluding carboxylic acids is 1. The lowest BCUT2D eigenvalue weighted by molar-refractivity contribution is -0.125. The van der Waals surface area contributed by atoms with Gasteiger partial charge in [-0.05, 0) is 44.6 Å². The van der Waals surface area contributed by atoms with Gasteiger partial charge in [-0.25, -0.2) is 0 Å². The summed E-state index contributed by atoms with van der Waals surface area (Å²) in [5, 5.41) is 6.67. The number of oxime groups is 1. The maximum atomic E-state index is 11.6. The third-order valence-corrected chi connectivity index (χ3v) is 3.70. The maximum absolute atomic E-state index is 11.6. The number of amides is 1. The van der Waals surface area contributed by atoms with E-state index in [4.69, 9.17) is 4.84 Å². The van der Waals surface area contributed by atoms with E-state index in [2.05, 4.69) is 16.5 Å². The Labute approximate surface area is 132 Å². The Bertz CT molecular complexity index is 533. The largest absolute Gasteiger partial charge is 0.386 e. The van der Waals surface area contributed by atoms with Gasteiger partial charge < -0.3 is 10.2 Å². The van der Waals surface area contributed by atoms with Gasteiger partial charge in [0.05, 0.1) is 6.21 Å². The molecule has 0 saturated heterocycles. The number of allylic oxidation sites excluding steroid dienone is 1. The monoisotopic (exact) mass is 300 g/mol. The molecule has 0 atom stereocenters. The molecule has 1 aromatic carbocycles. The molecular weight excluding hydrogens is 276 g/mol. The Morgan fingerprint density at radius 1 is 1.32 bits per heavy atom. The third kappa shape index (κ3) is 6.12. The number of hydrogen-bond acceptors (Lipinski definition) is 3. The SMILES string of the molecule is Cc1ccc(/C=N\OCC(=O)NCCC2=CCCCC2)cc1. The minimum Gasteiger partial charge on any atom is -0.386 e. The van der Waals surface area contributed by atoms with Gasteiger partial charge in [0.25, 0.3) is 5.91 Å². The van der Waals surface area contributed by atoms with Crippen LogP contribution in [0.5, 0.6) is 0 Å². The van der Waals surface area contributed by atoms with Crippen LogP contribution in [0.3, 0.4) is 0 Å². The lowest BCUT2D eigenvalue weighted by Crippen LogP contribution is -2.28. The lowest BCUT2D eigenvalue weighted by Gasteiger charge is -2.12. The van der Waals surface area contributed by atoms with Gasteiger partial charge in [-0.1, -0.05) is 46.6 Å². The number of hydrogen-bond donors (Lipinski definition) is 1. The highest BCUT2D eigenvalue weighted by molar-refractivity contribution is 5.79. The van der Waals surface area contributed by atoms with E-state index in [0.29, 0.717) is 6.54 Å². The molecule has 4 nitrogen and oxygen atoms in total. The quantitative estimate of drug-likeness (QED) is 0.477. The van der Waals surface area contributed by atoms with Gasteiger partial charge in [0, 0.05) is 6.54 Å². The summed E-state index contributed by atoms with van der Waals surface area (Å²) in [6, 6.07) is 7.93. The predicted octanol–water partition coefficient (Wildman–Crippen LogP) is 3.35. The fraction of sp³-hybridized carbons (Fsp3) is 0.444. The summed E-state index contributed by atoms with van der Waals surface area (Å²) in [4.78, 5) is 16.6. The number of carbonyl (C=O) groups is 1. The summed E-state index contributed by atoms with van der Waals surface area (Å²) in [6.07, 6.45) is 9.78. The van der Waals surface area contributed by atoms with Crippen molar-refractivity contribution in [1.82, 2.24) is 5.32 Å². The van der Waals surface area contributed by atoms with Gasteiger partial charge in [-0.2, -0.15) is 0 Å². The van der Waals surface area contributed by atoms with Crippen molar-refractivity contribution in [2.45, 2.75) is 39.0 Å². The highest BCUT2D eigenvalue weighted by Crippen LogP contribution is 2.19. The van der Waals surface area contributed by atoms with Crippen LogP contribution in [0.25, 0.3) is 0 Å². The van der Waals surface area contributed by atoms with Crippen molar-refractivity contribution in [1.29, 1.82) is 0 Å². The van der Waals surface area contributed by atoms with E-state index in [1.54, 1.807) is 6.21 Å². The Balaban J connectivity index is 1.59. The number of nitrogens with one attached hydrogen (secondary N) is 1. The van der Waals surface area contributed by atoms with Crippen LogP contribution in [0.15, 0.2) is 41.1 Å². The topological polar surface area (TPSA) is 50.7 Å². The Hall–Kier alpha value is -2.10. The van der Waals surface area contributed by atoms with E-state index in [1.165, 1.54) is 36.8 Å². The molecule has 2 rings (SSSR count). The predicted molar refractivity (Wildman–Crippen MR) is 88.9 cm³/mol. The second-order valence-corrected chi connectivity index (χ2v) is 5.63. The maximum Gasteiger partial charge on any atom is 0.260 e. The van der Waals surface area contributed by atoms with E-state index < -0.39 is 0 Å². The summed E-state index contributed by atoms with van der Waals surface area (Å²) in [7, 11) is 0. The van der Waals surface area contributed by atoms with E-state index in [-0.39, 0.29) is 12.5 Å². The van der Waals surface area contributed by atoms with Crippen LogP contribution < -0.4 is 5.32 Å². The van der Waals surface area contributed by atoms with Crippen molar-refractivity contribution in [2.75, 3.05) is 13.2 Å². The molecule has 0 fully saturated rings. The minimum atomic E-state index is -0.127. The van der Waals surface area contributed by atoms with Crippen molar-refractivity contribution in [3.8, 4) is 0 Å². The fourth-order valence-corrected chi connectivity index (χ4v) is 2.39. The number of rotatable bonds is 7. The van der Waals surface area contributed by atoms with E-state index >= 15 is 0 Å². The molecule has 118 valence electrons. The van der Waals surface area contributed by atoms with Gasteiger partial charge in [0.2, 0.25) is 0 Å². The molecule has 0 saturated carbocycles. The summed E-state index contributed by atoms with van der Waals surface area (Å²) >= 11 is 0. The number of benzene rings is 1. The van der Waals surface area contributed by atoms with Gasteiger partial charge >= 0.3 is 0 Å². The third-order valence-electron chi connectivity index (χ3n) is 3.70. The molecule has 0 aliphatic heterocycles. The lowest BCUT2D eigenvalue weighted by atomic mass is 9.97. The second-order valence-electron chi connectivity index (χ2n) is 5.63. The summed E-state index contributed by atoms with van der Waals surface area (Å²) in [5.74, 6) is -0.127. The summed E-state index contributed by atoms with van der Waals surface area (Å²) in [5.41, 5.74) is 3.62. The van der Waals surface area contributed by atoms with E-state index in [9.17, 15) is 4.79 Å². The van der Waals surface area contributed by atoms with Crippen molar-refractivity contribution in [3.63, 3.8) is 0 Å². The molecule has 0 unspecified atom stereocenters. The van der Waals surface area contributed by atoms with Crippen LogP contribution in [-0.2, 0) is 9.63 Å². The van der Waals surface area contributed by atoms with Crippen LogP contribution >= 0.6 is 0 Å². The smallest absolute Gasteiger partial charge is 0.260 e. The summed E-state index contributed by atoms with van der Waals surface area (Å²) < 4.78 is 0. The van der Waals surface area contributed by atoms with E-state index in [1.807, 2.05) is 31.2 Å². The fourth-order valence-electron chi connectivity index (χ4n) is 2.39. The van der Waals surface area contributed by atoms with Crippen LogP contribution in [0.2, 0.25) is 0 Å². The highest BCUT2D eigenvalue weighted by atomic mass is 16.6. The molecule has 1 N–H and O–H groups in total. The zero-order valence-corrected chi connectivity index (χ0v) is 13.2. The molecule has 0 bridgehead atoms. The zero-order chi connectivity index (χ0) is 15.6. The van der Waals surface area contributed by atoms with Crippen LogP contribution in [0, 0.1) is 6.92 Å². The molecule has 0 spiro atoms. The molecule has 1 aliphatic carbocycles. The van der Waals surface area contributed by atoms with Crippen LogP contribution in [0.4, 0.5) is 0 Å². The van der Waals surface area contributed by atoms with Crippen molar-refractivity contribution >= 4 is 12.1 Å². The normalized spacial score (nSPS) is 14.7.